The summed E-state index contributed by atoms with van der Waals surface area (Å²) in [6, 6.07) is 0.998. The molecule has 0 radical (unpaired) electrons. The van der Waals surface area contributed by atoms with Gasteiger partial charge in [0, 0.05) is 18.7 Å². The molecule has 8 heteroatoms. The van der Waals surface area contributed by atoms with Crippen LogP contribution in [-0.4, -0.2) is 32.8 Å². The van der Waals surface area contributed by atoms with E-state index in [0.29, 0.717) is 0 Å². The molecule has 1 fully saturated rings. The summed E-state index contributed by atoms with van der Waals surface area (Å²) >= 11 is 0. The van der Waals surface area contributed by atoms with Crippen molar-refractivity contribution in [2.24, 2.45) is 0 Å². The highest BCUT2D eigenvalue weighted by atomic mass is 19.2. The Bertz CT molecular complexity index is 567. The fraction of sp³-hybridized carbons (Fsp3) is 0.600. The highest BCUT2D eigenvalue weighted by molar-refractivity contribution is 4.97. The van der Waals surface area contributed by atoms with Gasteiger partial charge >= 0.3 is 5.69 Å². The Hall–Kier alpha value is -1.54. The van der Waals surface area contributed by atoms with Gasteiger partial charge in [-0.2, -0.15) is 0 Å². The van der Waals surface area contributed by atoms with Crippen LogP contribution in [0, 0.1) is 0 Å². The van der Waals surface area contributed by atoms with Gasteiger partial charge in [-0.25, -0.2) is 13.6 Å². The van der Waals surface area contributed by atoms with E-state index in [-0.39, 0.29) is 0 Å². The van der Waals surface area contributed by atoms with Gasteiger partial charge in [0.1, 0.15) is 6.61 Å². The van der Waals surface area contributed by atoms with Gasteiger partial charge in [0.2, 0.25) is 5.85 Å². The molecule has 1 aromatic heterocycles. The second kappa shape index (κ2) is 3.99. The van der Waals surface area contributed by atoms with Crippen molar-refractivity contribution >= 4 is 0 Å². The van der Waals surface area contributed by atoms with Crippen molar-refractivity contribution in [3.63, 3.8) is 0 Å². The molecule has 0 saturated carbocycles. The third kappa shape index (κ3) is 2.08. The standard InChI is InChI=1S/C10H12F2N2O4/c1-9(11)4-10(12,5-15)18-7(9)14-3-2-6(16)13-8(14)17/h2-3,7,15H,4-5H2,1H3,(H,13,16,17)/t7-,9-,10+/m1/s1. The lowest BCUT2D eigenvalue weighted by Crippen LogP contribution is -2.38. The first-order valence-electron chi connectivity index (χ1n) is 5.25. The normalized spacial score (nSPS) is 35.9. The summed E-state index contributed by atoms with van der Waals surface area (Å²) in [5.74, 6) is -2.54. The van der Waals surface area contributed by atoms with Crippen LogP contribution in [0.5, 0.6) is 0 Å². The minimum Gasteiger partial charge on any atom is -0.390 e. The molecular weight excluding hydrogens is 250 g/mol. The van der Waals surface area contributed by atoms with Gasteiger partial charge < -0.3 is 9.84 Å². The van der Waals surface area contributed by atoms with Gasteiger partial charge in [0.15, 0.2) is 11.9 Å². The Kier molecular flexibility index (Phi) is 2.86. The molecule has 0 amide bonds. The van der Waals surface area contributed by atoms with Gasteiger partial charge in [-0.1, -0.05) is 0 Å². The zero-order chi connectivity index (χ0) is 13.6. The fourth-order valence-electron chi connectivity index (χ4n) is 2.02. The van der Waals surface area contributed by atoms with Crippen LogP contribution >= 0.6 is 0 Å². The molecule has 1 saturated heterocycles. The summed E-state index contributed by atoms with van der Waals surface area (Å²) in [6.45, 7) is 0.0489. The maximum atomic E-state index is 14.2. The lowest BCUT2D eigenvalue weighted by molar-refractivity contribution is -0.182. The van der Waals surface area contributed by atoms with Crippen LogP contribution in [0.25, 0.3) is 0 Å². The number of nitrogens with zero attached hydrogens (tertiary/aromatic N) is 1. The van der Waals surface area contributed by atoms with Crippen LogP contribution in [0.4, 0.5) is 8.78 Å². The average Bonchev–Trinajstić information content (AvgIpc) is 2.50. The number of aromatic nitrogens is 2. The van der Waals surface area contributed by atoms with Crippen LogP contribution in [0.1, 0.15) is 19.6 Å². The molecule has 0 unspecified atom stereocenters. The lowest BCUT2D eigenvalue weighted by atomic mass is 10.0. The second-order valence-corrected chi connectivity index (χ2v) is 4.48. The molecule has 0 aromatic carbocycles. The van der Waals surface area contributed by atoms with Crippen molar-refractivity contribution in [3.8, 4) is 0 Å². The monoisotopic (exact) mass is 262 g/mol. The van der Waals surface area contributed by atoms with E-state index >= 15 is 0 Å². The molecule has 2 heterocycles. The third-order valence-corrected chi connectivity index (χ3v) is 2.79. The van der Waals surface area contributed by atoms with Crippen molar-refractivity contribution in [3.05, 3.63) is 33.1 Å². The Balaban J connectivity index is 2.45. The topological polar surface area (TPSA) is 84.3 Å². The number of alkyl halides is 2. The van der Waals surface area contributed by atoms with E-state index in [0.717, 1.165) is 23.8 Å². The number of aromatic amines is 1. The molecule has 0 aliphatic carbocycles. The van der Waals surface area contributed by atoms with E-state index in [9.17, 15) is 18.4 Å². The zero-order valence-electron chi connectivity index (χ0n) is 9.52. The maximum absolute atomic E-state index is 14.2. The minimum absolute atomic E-state index is 0.650. The fourth-order valence-corrected chi connectivity index (χ4v) is 2.02. The first-order chi connectivity index (χ1) is 8.27. The van der Waals surface area contributed by atoms with Gasteiger partial charge in [0.05, 0.1) is 0 Å². The van der Waals surface area contributed by atoms with Crippen LogP contribution in [0.15, 0.2) is 21.9 Å². The Morgan fingerprint density at radius 1 is 1.61 bits per heavy atom. The summed E-state index contributed by atoms with van der Waals surface area (Å²) in [4.78, 5) is 24.3. The second-order valence-electron chi connectivity index (χ2n) is 4.48. The quantitative estimate of drug-likeness (QED) is 0.775. The minimum atomic E-state index is -2.54. The van der Waals surface area contributed by atoms with Crippen molar-refractivity contribution in [1.29, 1.82) is 0 Å². The number of hydrogen-bond acceptors (Lipinski definition) is 4. The molecule has 0 bridgehead atoms. The molecule has 2 N–H and O–H groups in total. The predicted molar refractivity (Wildman–Crippen MR) is 56.5 cm³/mol. The van der Waals surface area contributed by atoms with Gasteiger partial charge in [-0.15, -0.1) is 0 Å². The average molecular weight is 262 g/mol. The molecule has 6 nitrogen and oxygen atoms in total. The number of rotatable bonds is 2. The number of aliphatic hydroxyl groups is 1. The molecule has 2 rings (SSSR count). The number of halogens is 2. The van der Waals surface area contributed by atoms with E-state index < -0.39 is 42.0 Å². The molecule has 1 aromatic rings. The number of aliphatic hydroxyl groups excluding tert-OH is 1. The van der Waals surface area contributed by atoms with Crippen molar-refractivity contribution in [2.45, 2.75) is 31.1 Å². The van der Waals surface area contributed by atoms with Crippen molar-refractivity contribution in [2.75, 3.05) is 6.61 Å². The van der Waals surface area contributed by atoms with E-state index in [2.05, 4.69) is 0 Å². The Labute approximate surface area is 99.8 Å². The van der Waals surface area contributed by atoms with Gasteiger partial charge in [-0.3, -0.25) is 14.3 Å². The summed E-state index contributed by atoms with van der Waals surface area (Å²) in [5.41, 5.74) is -3.73. The lowest BCUT2D eigenvalue weighted by Gasteiger charge is -2.22. The van der Waals surface area contributed by atoms with Crippen LogP contribution < -0.4 is 11.2 Å². The first kappa shape index (κ1) is 12.9. The van der Waals surface area contributed by atoms with E-state index in [1.807, 2.05) is 4.98 Å². The molecule has 100 valence electrons. The number of H-pyrrole nitrogens is 1. The van der Waals surface area contributed by atoms with Crippen molar-refractivity contribution < 1.29 is 18.6 Å². The number of ether oxygens (including phenoxy) is 1. The maximum Gasteiger partial charge on any atom is 0.330 e. The van der Waals surface area contributed by atoms with Gasteiger partial charge in [-0.05, 0) is 6.92 Å². The highest BCUT2D eigenvalue weighted by Crippen LogP contribution is 2.46. The smallest absolute Gasteiger partial charge is 0.330 e. The van der Waals surface area contributed by atoms with E-state index in [1.54, 1.807) is 0 Å². The first-order valence-corrected chi connectivity index (χ1v) is 5.25. The molecule has 0 spiro atoms. The molecule has 1 aliphatic rings. The number of nitrogens with one attached hydrogen (secondary N) is 1. The van der Waals surface area contributed by atoms with Crippen molar-refractivity contribution in [1.82, 2.24) is 9.55 Å². The van der Waals surface area contributed by atoms with E-state index in [1.165, 1.54) is 0 Å². The summed E-state index contributed by atoms with van der Waals surface area (Å²) in [7, 11) is 0. The molecule has 3 atom stereocenters. The highest BCUT2D eigenvalue weighted by Gasteiger charge is 2.56. The largest absolute Gasteiger partial charge is 0.390 e. The molecule has 18 heavy (non-hydrogen) atoms. The Morgan fingerprint density at radius 3 is 2.78 bits per heavy atom. The molecule has 1 aliphatic heterocycles. The summed E-state index contributed by atoms with van der Waals surface area (Å²) in [6.07, 6.45) is -1.22. The summed E-state index contributed by atoms with van der Waals surface area (Å²) < 4.78 is 33.5. The molecular formula is C10H12F2N2O4. The van der Waals surface area contributed by atoms with Crippen LogP contribution in [0.3, 0.4) is 0 Å². The van der Waals surface area contributed by atoms with Gasteiger partial charge in [0.25, 0.3) is 5.56 Å². The third-order valence-electron chi connectivity index (χ3n) is 2.79. The predicted octanol–water partition coefficient (Wildman–Crippen LogP) is -0.158. The van der Waals surface area contributed by atoms with E-state index in [4.69, 9.17) is 9.84 Å². The van der Waals surface area contributed by atoms with Crippen LogP contribution in [0.2, 0.25) is 0 Å². The SMILES string of the molecule is C[C@@]1(F)C[C@@](F)(CO)O[C@H]1n1ccc(=O)[nH]c1=O. The van der Waals surface area contributed by atoms with Crippen LogP contribution in [-0.2, 0) is 4.74 Å². The summed E-state index contributed by atoms with van der Waals surface area (Å²) in [5, 5.41) is 8.82. The zero-order valence-corrected chi connectivity index (χ0v) is 9.52. The Morgan fingerprint density at radius 2 is 2.28 bits per heavy atom. The number of hydrogen-bond donors (Lipinski definition) is 2.